The molecule has 2 heterocycles. The second kappa shape index (κ2) is 4.28. The van der Waals surface area contributed by atoms with Gasteiger partial charge in [-0.2, -0.15) is 0 Å². The molecule has 0 radical (unpaired) electrons. The van der Waals surface area contributed by atoms with Crippen LogP contribution in [-0.2, 0) is 11.2 Å². The molecule has 1 saturated heterocycles. The SMILES string of the molecule is Cc1noc(C)c1CC[C@H]1CC(C)C(=O)N1. The summed E-state index contributed by atoms with van der Waals surface area (Å²) < 4.78 is 5.12. The molecule has 1 fully saturated rings. The number of aryl methyl sites for hydroxylation is 2. The number of carbonyl (C=O) groups is 1. The van der Waals surface area contributed by atoms with Gasteiger partial charge in [-0.05, 0) is 33.1 Å². The highest BCUT2D eigenvalue weighted by atomic mass is 16.5. The maximum Gasteiger partial charge on any atom is 0.223 e. The Bertz CT molecular complexity index is 378. The fourth-order valence-electron chi connectivity index (χ4n) is 2.30. The van der Waals surface area contributed by atoms with Crippen molar-refractivity contribution in [3.63, 3.8) is 0 Å². The molecule has 2 atom stereocenters. The number of aromatic nitrogens is 1. The van der Waals surface area contributed by atoms with Crippen molar-refractivity contribution in [3.05, 3.63) is 17.0 Å². The minimum Gasteiger partial charge on any atom is -0.361 e. The highest BCUT2D eigenvalue weighted by molar-refractivity contribution is 5.80. The topological polar surface area (TPSA) is 55.1 Å². The van der Waals surface area contributed by atoms with Crippen LogP contribution in [0.5, 0.6) is 0 Å². The molecule has 1 amide bonds. The van der Waals surface area contributed by atoms with Gasteiger partial charge in [-0.3, -0.25) is 4.79 Å². The summed E-state index contributed by atoms with van der Waals surface area (Å²) in [7, 11) is 0. The number of amides is 1. The van der Waals surface area contributed by atoms with Crippen molar-refractivity contribution in [1.29, 1.82) is 0 Å². The molecule has 2 rings (SSSR count). The summed E-state index contributed by atoms with van der Waals surface area (Å²) in [4.78, 5) is 11.3. The van der Waals surface area contributed by atoms with Crippen molar-refractivity contribution < 1.29 is 9.32 Å². The zero-order valence-corrected chi connectivity index (χ0v) is 10.0. The molecule has 0 aliphatic carbocycles. The molecule has 0 saturated carbocycles. The van der Waals surface area contributed by atoms with E-state index in [1.807, 2.05) is 20.8 Å². The Morgan fingerprint density at radius 2 is 2.25 bits per heavy atom. The van der Waals surface area contributed by atoms with Crippen LogP contribution in [0, 0.1) is 19.8 Å². The molecule has 1 N–H and O–H groups in total. The van der Waals surface area contributed by atoms with Gasteiger partial charge < -0.3 is 9.84 Å². The highest BCUT2D eigenvalue weighted by Crippen LogP contribution is 2.21. The number of hydrogen-bond acceptors (Lipinski definition) is 3. The third kappa shape index (κ3) is 2.10. The second-order valence-electron chi connectivity index (χ2n) is 4.68. The van der Waals surface area contributed by atoms with Gasteiger partial charge in [-0.25, -0.2) is 0 Å². The Morgan fingerprint density at radius 1 is 1.50 bits per heavy atom. The van der Waals surface area contributed by atoms with Crippen LogP contribution in [0.2, 0.25) is 0 Å². The molecule has 4 nitrogen and oxygen atoms in total. The lowest BCUT2D eigenvalue weighted by Gasteiger charge is -2.08. The molecule has 0 aromatic carbocycles. The van der Waals surface area contributed by atoms with E-state index in [2.05, 4.69) is 10.5 Å². The third-order valence-electron chi connectivity index (χ3n) is 3.36. The zero-order chi connectivity index (χ0) is 11.7. The van der Waals surface area contributed by atoms with Gasteiger partial charge in [0.2, 0.25) is 5.91 Å². The van der Waals surface area contributed by atoms with Gasteiger partial charge in [-0.1, -0.05) is 12.1 Å². The maximum absolute atomic E-state index is 11.3. The van der Waals surface area contributed by atoms with Crippen LogP contribution < -0.4 is 5.32 Å². The summed E-state index contributed by atoms with van der Waals surface area (Å²) in [6, 6.07) is 0.316. The first-order valence-corrected chi connectivity index (χ1v) is 5.80. The van der Waals surface area contributed by atoms with E-state index >= 15 is 0 Å². The van der Waals surface area contributed by atoms with E-state index in [-0.39, 0.29) is 11.8 Å². The number of carbonyl (C=O) groups excluding carboxylic acids is 1. The van der Waals surface area contributed by atoms with E-state index in [1.165, 1.54) is 5.56 Å². The van der Waals surface area contributed by atoms with E-state index in [9.17, 15) is 4.79 Å². The van der Waals surface area contributed by atoms with E-state index in [0.717, 1.165) is 30.7 Å². The highest BCUT2D eigenvalue weighted by Gasteiger charge is 2.28. The van der Waals surface area contributed by atoms with Gasteiger partial charge >= 0.3 is 0 Å². The molecule has 1 aliphatic heterocycles. The van der Waals surface area contributed by atoms with Crippen LogP contribution in [-0.4, -0.2) is 17.1 Å². The molecule has 1 unspecified atom stereocenters. The number of nitrogens with zero attached hydrogens (tertiary/aromatic N) is 1. The quantitative estimate of drug-likeness (QED) is 0.847. The summed E-state index contributed by atoms with van der Waals surface area (Å²) in [6.45, 7) is 5.87. The Labute approximate surface area is 95.4 Å². The van der Waals surface area contributed by atoms with Crippen LogP contribution in [0.15, 0.2) is 4.52 Å². The molecule has 88 valence electrons. The summed E-state index contributed by atoms with van der Waals surface area (Å²) >= 11 is 0. The molecule has 1 aromatic rings. The summed E-state index contributed by atoms with van der Waals surface area (Å²) in [5.74, 6) is 1.24. The first-order valence-electron chi connectivity index (χ1n) is 5.80. The van der Waals surface area contributed by atoms with Crippen molar-refractivity contribution >= 4 is 5.91 Å². The Morgan fingerprint density at radius 3 is 2.75 bits per heavy atom. The summed E-state index contributed by atoms with van der Waals surface area (Å²) in [5.41, 5.74) is 2.16. The normalized spacial score (nSPS) is 24.8. The van der Waals surface area contributed by atoms with Gasteiger partial charge in [0.15, 0.2) is 0 Å². The van der Waals surface area contributed by atoms with Gasteiger partial charge in [0, 0.05) is 17.5 Å². The van der Waals surface area contributed by atoms with Crippen LogP contribution >= 0.6 is 0 Å². The molecule has 0 spiro atoms. The fraction of sp³-hybridized carbons (Fsp3) is 0.667. The van der Waals surface area contributed by atoms with Crippen molar-refractivity contribution in [2.45, 2.75) is 46.1 Å². The minimum atomic E-state index is 0.162. The molecule has 4 heteroatoms. The lowest BCUT2D eigenvalue weighted by atomic mass is 10.0. The van der Waals surface area contributed by atoms with E-state index in [1.54, 1.807) is 0 Å². The second-order valence-corrected chi connectivity index (χ2v) is 4.68. The largest absolute Gasteiger partial charge is 0.361 e. The Kier molecular flexibility index (Phi) is 2.99. The maximum atomic E-state index is 11.3. The number of nitrogens with one attached hydrogen (secondary N) is 1. The predicted octanol–water partition coefficient (Wildman–Crippen LogP) is 1.75. The molecular formula is C12H18N2O2. The first kappa shape index (κ1) is 11.2. The van der Waals surface area contributed by atoms with Crippen molar-refractivity contribution in [1.82, 2.24) is 10.5 Å². The van der Waals surface area contributed by atoms with Gasteiger partial charge in [0.1, 0.15) is 5.76 Å². The van der Waals surface area contributed by atoms with Crippen LogP contribution in [0.1, 0.15) is 36.8 Å². The van der Waals surface area contributed by atoms with Crippen molar-refractivity contribution in [2.75, 3.05) is 0 Å². The molecule has 1 aromatic heterocycles. The molecule has 1 aliphatic rings. The van der Waals surface area contributed by atoms with Crippen LogP contribution in [0.4, 0.5) is 0 Å². The van der Waals surface area contributed by atoms with E-state index < -0.39 is 0 Å². The lowest BCUT2D eigenvalue weighted by Crippen LogP contribution is -2.26. The van der Waals surface area contributed by atoms with Crippen molar-refractivity contribution in [3.8, 4) is 0 Å². The van der Waals surface area contributed by atoms with Gasteiger partial charge in [0.05, 0.1) is 5.69 Å². The first-order chi connectivity index (χ1) is 7.58. The van der Waals surface area contributed by atoms with E-state index in [0.29, 0.717) is 6.04 Å². The zero-order valence-electron chi connectivity index (χ0n) is 10.0. The third-order valence-corrected chi connectivity index (χ3v) is 3.36. The summed E-state index contributed by atoms with van der Waals surface area (Å²) in [6.07, 6.45) is 2.85. The fourth-order valence-corrected chi connectivity index (χ4v) is 2.30. The van der Waals surface area contributed by atoms with Gasteiger partial charge in [-0.15, -0.1) is 0 Å². The lowest BCUT2D eigenvalue weighted by molar-refractivity contribution is -0.122. The molecule has 0 bridgehead atoms. The average Bonchev–Trinajstić information content (AvgIpc) is 2.70. The van der Waals surface area contributed by atoms with Crippen LogP contribution in [0.25, 0.3) is 0 Å². The smallest absolute Gasteiger partial charge is 0.223 e. The number of rotatable bonds is 3. The summed E-state index contributed by atoms with van der Waals surface area (Å²) in [5, 5.41) is 6.94. The Hall–Kier alpha value is -1.32. The molecular weight excluding hydrogens is 204 g/mol. The van der Waals surface area contributed by atoms with Crippen molar-refractivity contribution in [2.24, 2.45) is 5.92 Å². The minimum absolute atomic E-state index is 0.162. The van der Waals surface area contributed by atoms with E-state index in [4.69, 9.17) is 4.52 Å². The van der Waals surface area contributed by atoms with Crippen LogP contribution in [0.3, 0.4) is 0 Å². The Balaban J connectivity index is 1.91. The molecule has 16 heavy (non-hydrogen) atoms. The van der Waals surface area contributed by atoms with Gasteiger partial charge in [0.25, 0.3) is 0 Å². The standard InChI is InChI=1S/C12H18N2O2/c1-7-6-10(13-12(7)15)4-5-11-8(2)14-16-9(11)3/h7,10H,4-6H2,1-3H3,(H,13,15)/t7?,10-/m0/s1. The predicted molar refractivity (Wildman–Crippen MR) is 60.0 cm³/mol. The number of hydrogen-bond donors (Lipinski definition) is 1. The monoisotopic (exact) mass is 222 g/mol. The average molecular weight is 222 g/mol.